The zero-order chi connectivity index (χ0) is 8.60. The predicted molar refractivity (Wildman–Crippen MR) is 46.3 cm³/mol. The molecule has 2 unspecified atom stereocenters. The van der Waals surface area contributed by atoms with Crippen molar-refractivity contribution in [2.24, 2.45) is 11.6 Å². The monoisotopic (exact) mass is 171 g/mol. The average Bonchev–Trinajstić information content (AvgIpc) is 2.29. The molecule has 2 saturated heterocycles. The number of hydrogen-bond acceptors (Lipinski definition) is 4. The fourth-order valence-electron chi connectivity index (χ4n) is 2.24. The molecule has 2 aliphatic rings. The van der Waals surface area contributed by atoms with Gasteiger partial charge in [0.1, 0.15) is 0 Å². The third-order valence-corrected chi connectivity index (χ3v) is 2.96. The number of hydrogen-bond donors (Lipinski definition) is 2. The molecule has 0 radical (unpaired) electrons. The van der Waals surface area contributed by atoms with Gasteiger partial charge in [-0.05, 0) is 19.3 Å². The van der Waals surface area contributed by atoms with E-state index < -0.39 is 0 Å². The van der Waals surface area contributed by atoms with Gasteiger partial charge in [0.05, 0.1) is 5.60 Å². The fourth-order valence-corrected chi connectivity index (χ4v) is 2.24. The molecule has 4 N–H and O–H groups in total. The maximum atomic E-state index is 5.99. The standard InChI is InChI=1S/C8H17N3O/c9-7-5-11(10)6-8(7)3-1-2-4-12-8/h7H,1-6,9-10H2. The molecule has 2 heterocycles. The molecule has 0 aromatic heterocycles. The lowest BCUT2D eigenvalue weighted by Gasteiger charge is -2.36. The van der Waals surface area contributed by atoms with Crippen molar-refractivity contribution in [1.29, 1.82) is 0 Å². The van der Waals surface area contributed by atoms with E-state index in [-0.39, 0.29) is 11.6 Å². The molecule has 70 valence electrons. The van der Waals surface area contributed by atoms with Gasteiger partial charge in [-0.2, -0.15) is 0 Å². The lowest BCUT2D eigenvalue weighted by atomic mass is 9.90. The van der Waals surface area contributed by atoms with Crippen LogP contribution in [0.4, 0.5) is 0 Å². The zero-order valence-electron chi connectivity index (χ0n) is 7.33. The first-order chi connectivity index (χ1) is 5.73. The van der Waals surface area contributed by atoms with Crippen LogP contribution in [0.25, 0.3) is 0 Å². The van der Waals surface area contributed by atoms with E-state index in [0.29, 0.717) is 0 Å². The lowest BCUT2D eigenvalue weighted by molar-refractivity contribution is -0.0779. The van der Waals surface area contributed by atoms with Crippen LogP contribution in [-0.4, -0.2) is 36.3 Å². The molecule has 0 saturated carbocycles. The molecule has 0 aromatic carbocycles. The van der Waals surface area contributed by atoms with Crippen molar-refractivity contribution in [3.63, 3.8) is 0 Å². The first-order valence-corrected chi connectivity index (χ1v) is 4.62. The average molecular weight is 171 g/mol. The Hall–Kier alpha value is -0.160. The number of ether oxygens (including phenoxy) is 1. The van der Waals surface area contributed by atoms with Gasteiger partial charge in [-0.15, -0.1) is 0 Å². The van der Waals surface area contributed by atoms with E-state index in [4.69, 9.17) is 16.3 Å². The molecule has 2 atom stereocenters. The molecule has 0 bridgehead atoms. The highest BCUT2D eigenvalue weighted by atomic mass is 16.5. The first kappa shape index (κ1) is 8.44. The van der Waals surface area contributed by atoms with Gasteiger partial charge in [0.25, 0.3) is 0 Å². The van der Waals surface area contributed by atoms with Gasteiger partial charge < -0.3 is 10.5 Å². The van der Waals surface area contributed by atoms with Crippen molar-refractivity contribution in [3.05, 3.63) is 0 Å². The Morgan fingerprint density at radius 1 is 1.42 bits per heavy atom. The normalized spacial score (nSPS) is 44.0. The molecule has 4 nitrogen and oxygen atoms in total. The Kier molecular flexibility index (Phi) is 2.08. The van der Waals surface area contributed by atoms with Gasteiger partial charge in [0.15, 0.2) is 0 Å². The van der Waals surface area contributed by atoms with Gasteiger partial charge in [0.2, 0.25) is 0 Å². The van der Waals surface area contributed by atoms with Crippen LogP contribution in [0.3, 0.4) is 0 Å². The van der Waals surface area contributed by atoms with Crippen LogP contribution in [0.2, 0.25) is 0 Å². The van der Waals surface area contributed by atoms with Gasteiger partial charge in [0, 0.05) is 25.7 Å². The van der Waals surface area contributed by atoms with Crippen molar-refractivity contribution >= 4 is 0 Å². The smallest absolute Gasteiger partial charge is 0.0985 e. The van der Waals surface area contributed by atoms with Crippen LogP contribution < -0.4 is 11.6 Å². The van der Waals surface area contributed by atoms with Gasteiger partial charge >= 0.3 is 0 Å². The van der Waals surface area contributed by atoms with Crippen LogP contribution in [-0.2, 0) is 4.74 Å². The van der Waals surface area contributed by atoms with Crippen LogP contribution in [0, 0.1) is 0 Å². The van der Waals surface area contributed by atoms with Gasteiger partial charge in [-0.1, -0.05) is 0 Å². The molecule has 2 aliphatic heterocycles. The summed E-state index contributed by atoms with van der Waals surface area (Å²) in [4.78, 5) is 0. The number of nitrogens with zero attached hydrogens (tertiary/aromatic N) is 1. The molecular formula is C8H17N3O. The summed E-state index contributed by atoms with van der Waals surface area (Å²) in [5.41, 5.74) is 5.87. The second-order valence-corrected chi connectivity index (χ2v) is 3.91. The summed E-state index contributed by atoms with van der Waals surface area (Å²) < 4.78 is 5.76. The molecule has 12 heavy (non-hydrogen) atoms. The third-order valence-electron chi connectivity index (χ3n) is 2.96. The van der Waals surface area contributed by atoms with E-state index >= 15 is 0 Å². The molecule has 2 fully saturated rings. The molecule has 0 aliphatic carbocycles. The second-order valence-electron chi connectivity index (χ2n) is 3.91. The van der Waals surface area contributed by atoms with E-state index in [1.165, 1.54) is 12.8 Å². The largest absolute Gasteiger partial charge is 0.372 e. The number of nitrogens with two attached hydrogens (primary N) is 2. The highest BCUT2D eigenvalue weighted by Crippen LogP contribution is 2.31. The minimum atomic E-state index is -0.118. The second kappa shape index (κ2) is 2.96. The topological polar surface area (TPSA) is 64.5 Å². The number of rotatable bonds is 0. The number of hydrazine groups is 1. The van der Waals surface area contributed by atoms with Crippen molar-refractivity contribution in [2.45, 2.75) is 30.9 Å². The molecule has 4 heteroatoms. The van der Waals surface area contributed by atoms with Gasteiger partial charge in [-0.3, -0.25) is 5.84 Å². The fraction of sp³-hybridized carbons (Fsp3) is 1.00. The van der Waals surface area contributed by atoms with Crippen molar-refractivity contribution in [1.82, 2.24) is 5.01 Å². The predicted octanol–water partition coefficient (Wildman–Crippen LogP) is -0.558. The third kappa shape index (κ3) is 1.25. The highest BCUT2D eigenvalue weighted by Gasteiger charge is 2.45. The van der Waals surface area contributed by atoms with Crippen LogP contribution >= 0.6 is 0 Å². The van der Waals surface area contributed by atoms with E-state index in [2.05, 4.69) is 0 Å². The van der Waals surface area contributed by atoms with Crippen molar-refractivity contribution in [3.8, 4) is 0 Å². The van der Waals surface area contributed by atoms with E-state index in [1.807, 2.05) is 0 Å². The Labute approximate surface area is 72.8 Å². The minimum Gasteiger partial charge on any atom is -0.372 e. The summed E-state index contributed by atoms with van der Waals surface area (Å²) >= 11 is 0. The summed E-state index contributed by atoms with van der Waals surface area (Å²) in [6, 6.07) is 0.0998. The Morgan fingerprint density at radius 2 is 2.25 bits per heavy atom. The van der Waals surface area contributed by atoms with E-state index in [1.54, 1.807) is 5.01 Å². The van der Waals surface area contributed by atoms with Crippen LogP contribution in [0.1, 0.15) is 19.3 Å². The van der Waals surface area contributed by atoms with E-state index in [0.717, 1.165) is 26.1 Å². The minimum absolute atomic E-state index is 0.0998. The van der Waals surface area contributed by atoms with Crippen LogP contribution in [0.5, 0.6) is 0 Å². The molecule has 1 spiro atoms. The molecular weight excluding hydrogens is 154 g/mol. The van der Waals surface area contributed by atoms with Gasteiger partial charge in [-0.25, -0.2) is 5.01 Å². The van der Waals surface area contributed by atoms with Crippen molar-refractivity contribution in [2.75, 3.05) is 19.7 Å². The molecule has 0 amide bonds. The summed E-state index contributed by atoms with van der Waals surface area (Å²) in [5.74, 6) is 5.70. The lowest BCUT2D eigenvalue weighted by Crippen LogP contribution is -2.51. The van der Waals surface area contributed by atoms with Crippen LogP contribution in [0.15, 0.2) is 0 Å². The SMILES string of the molecule is NC1CN(N)CC12CCCCO2. The summed E-state index contributed by atoms with van der Waals surface area (Å²) in [6.07, 6.45) is 3.46. The van der Waals surface area contributed by atoms with E-state index in [9.17, 15) is 0 Å². The summed E-state index contributed by atoms with van der Waals surface area (Å²) in [7, 11) is 0. The first-order valence-electron chi connectivity index (χ1n) is 4.62. The highest BCUT2D eigenvalue weighted by molar-refractivity contribution is 5.01. The quantitative estimate of drug-likeness (QED) is 0.480. The summed E-state index contributed by atoms with van der Waals surface area (Å²) in [6.45, 7) is 2.41. The Bertz CT molecular complexity index is 168. The Balaban J connectivity index is 2.08. The molecule has 2 rings (SSSR count). The zero-order valence-corrected chi connectivity index (χ0v) is 7.33. The summed E-state index contributed by atoms with van der Waals surface area (Å²) in [5, 5.41) is 1.77. The maximum Gasteiger partial charge on any atom is 0.0985 e. The molecule has 0 aromatic rings. The maximum absolute atomic E-state index is 5.99. The Morgan fingerprint density at radius 3 is 2.75 bits per heavy atom. The van der Waals surface area contributed by atoms with Crippen molar-refractivity contribution < 1.29 is 4.74 Å².